The van der Waals surface area contributed by atoms with Gasteiger partial charge in [-0.25, -0.2) is 4.79 Å². The standard InChI is InChI=1S/C17H23ClN4O2/c1-3-8-22(9-10-24-2)17(23)19-11-14-12-20-21-16(14)13-4-6-15(18)7-5-13/h4-7,12H,3,8-11H2,1-2H3,(H,19,23)(H,20,21). The van der Waals surface area contributed by atoms with Crippen LogP contribution >= 0.6 is 11.6 Å². The Morgan fingerprint density at radius 3 is 2.75 bits per heavy atom. The topological polar surface area (TPSA) is 70.2 Å². The van der Waals surface area contributed by atoms with E-state index >= 15 is 0 Å². The summed E-state index contributed by atoms with van der Waals surface area (Å²) in [5.41, 5.74) is 2.78. The molecule has 0 aliphatic rings. The summed E-state index contributed by atoms with van der Waals surface area (Å²) in [5, 5.41) is 10.7. The Hall–Kier alpha value is -2.05. The Balaban J connectivity index is 2.00. The minimum absolute atomic E-state index is 0.0999. The molecular formula is C17H23ClN4O2. The fourth-order valence-electron chi connectivity index (χ4n) is 2.38. The van der Waals surface area contributed by atoms with Crippen LogP contribution in [0.25, 0.3) is 11.3 Å². The van der Waals surface area contributed by atoms with E-state index in [1.807, 2.05) is 31.2 Å². The number of hydrogen-bond acceptors (Lipinski definition) is 3. The molecule has 0 aliphatic carbocycles. The van der Waals surface area contributed by atoms with Crippen LogP contribution in [0.3, 0.4) is 0 Å². The molecule has 1 aromatic carbocycles. The van der Waals surface area contributed by atoms with E-state index in [1.165, 1.54) is 0 Å². The van der Waals surface area contributed by atoms with Gasteiger partial charge in [0.05, 0.1) is 18.5 Å². The molecule has 0 radical (unpaired) electrons. The zero-order valence-electron chi connectivity index (χ0n) is 14.0. The largest absolute Gasteiger partial charge is 0.383 e. The molecule has 0 bridgehead atoms. The average Bonchev–Trinajstić information content (AvgIpc) is 3.05. The maximum absolute atomic E-state index is 12.3. The van der Waals surface area contributed by atoms with Gasteiger partial charge in [-0.1, -0.05) is 30.7 Å². The van der Waals surface area contributed by atoms with Crippen LogP contribution in [0.15, 0.2) is 30.5 Å². The summed E-state index contributed by atoms with van der Waals surface area (Å²) < 4.78 is 5.06. The van der Waals surface area contributed by atoms with Crippen molar-refractivity contribution >= 4 is 17.6 Å². The number of rotatable bonds is 8. The van der Waals surface area contributed by atoms with Gasteiger partial charge in [0, 0.05) is 37.3 Å². The van der Waals surface area contributed by atoms with Crippen LogP contribution in [0.5, 0.6) is 0 Å². The molecule has 0 saturated heterocycles. The van der Waals surface area contributed by atoms with E-state index in [-0.39, 0.29) is 6.03 Å². The van der Waals surface area contributed by atoms with Crippen LogP contribution in [-0.4, -0.2) is 47.9 Å². The summed E-state index contributed by atoms with van der Waals surface area (Å²) in [6.07, 6.45) is 2.63. The number of aromatic nitrogens is 2. The first kappa shape index (κ1) is 18.3. The zero-order valence-corrected chi connectivity index (χ0v) is 14.8. The van der Waals surface area contributed by atoms with Crippen molar-refractivity contribution in [3.63, 3.8) is 0 Å². The van der Waals surface area contributed by atoms with Gasteiger partial charge in [-0.15, -0.1) is 0 Å². The highest BCUT2D eigenvalue weighted by Gasteiger charge is 2.14. The van der Waals surface area contributed by atoms with Crippen molar-refractivity contribution in [2.45, 2.75) is 19.9 Å². The molecule has 6 nitrogen and oxygen atoms in total. The molecule has 24 heavy (non-hydrogen) atoms. The molecule has 1 aromatic heterocycles. The molecule has 0 saturated carbocycles. The minimum atomic E-state index is -0.0999. The van der Waals surface area contributed by atoms with E-state index in [0.717, 1.165) is 23.2 Å². The number of carbonyl (C=O) groups excluding carboxylic acids is 1. The van der Waals surface area contributed by atoms with E-state index in [2.05, 4.69) is 15.5 Å². The van der Waals surface area contributed by atoms with Gasteiger partial charge in [0.1, 0.15) is 0 Å². The zero-order chi connectivity index (χ0) is 17.4. The third kappa shape index (κ3) is 4.97. The van der Waals surface area contributed by atoms with E-state index in [9.17, 15) is 4.79 Å². The van der Waals surface area contributed by atoms with Gasteiger partial charge in [0.25, 0.3) is 0 Å². The van der Waals surface area contributed by atoms with Crippen molar-refractivity contribution in [1.29, 1.82) is 0 Å². The monoisotopic (exact) mass is 350 g/mol. The van der Waals surface area contributed by atoms with Gasteiger partial charge < -0.3 is 15.0 Å². The summed E-state index contributed by atoms with van der Waals surface area (Å²) >= 11 is 5.92. The molecule has 2 amide bonds. The number of nitrogens with zero attached hydrogens (tertiary/aromatic N) is 2. The predicted octanol–water partition coefficient (Wildman–Crippen LogP) is 3.30. The lowest BCUT2D eigenvalue weighted by molar-refractivity contribution is 0.149. The van der Waals surface area contributed by atoms with Crippen LogP contribution in [0, 0.1) is 0 Å². The van der Waals surface area contributed by atoms with Crippen molar-refractivity contribution in [2.75, 3.05) is 26.8 Å². The number of benzene rings is 1. The first-order valence-corrected chi connectivity index (χ1v) is 8.33. The molecule has 2 aromatic rings. The molecule has 0 spiro atoms. The Labute approximate surface area is 147 Å². The second-order valence-electron chi connectivity index (χ2n) is 5.42. The van der Waals surface area contributed by atoms with Crippen LogP contribution in [0.2, 0.25) is 5.02 Å². The van der Waals surface area contributed by atoms with Crippen molar-refractivity contribution in [2.24, 2.45) is 0 Å². The Kier molecular flexibility index (Phi) is 7.08. The molecule has 0 fully saturated rings. The Morgan fingerprint density at radius 1 is 1.33 bits per heavy atom. The van der Waals surface area contributed by atoms with E-state index in [0.29, 0.717) is 31.3 Å². The minimum Gasteiger partial charge on any atom is -0.383 e. The van der Waals surface area contributed by atoms with Gasteiger partial charge in [-0.3, -0.25) is 5.10 Å². The summed E-state index contributed by atoms with van der Waals surface area (Å²) in [7, 11) is 1.63. The van der Waals surface area contributed by atoms with Crippen molar-refractivity contribution < 1.29 is 9.53 Å². The smallest absolute Gasteiger partial charge is 0.317 e. The number of aromatic amines is 1. The Morgan fingerprint density at radius 2 is 2.08 bits per heavy atom. The highest BCUT2D eigenvalue weighted by molar-refractivity contribution is 6.30. The number of ether oxygens (including phenoxy) is 1. The number of nitrogens with one attached hydrogen (secondary N) is 2. The first-order valence-electron chi connectivity index (χ1n) is 7.95. The lowest BCUT2D eigenvalue weighted by Gasteiger charge is -2.22. The van der Waals surface area contributed by atoms with E-state index in [4.69, 9.17) is 16.3 Å². The molecule has 0 unspecified atom stereocenters. The van der Waals surface area contributed by atoms with Crippen molar-refractivity contribution in [3.8, 4) is 11.3 Å². The van der Waals surface area contributed by atoms with Gasteiger partial charge >= 0.3 is 6.03 Å². The van der Waals surface area contributed by atoms with Crippen LogP contribution < -0.4 is 5.32 Å². The predicted molar refractivity (Wildman–Crippen MR) is 95.0 cm³/mol. The van der Waals surface area contributed by atoms with E-state index < -0.39 is 0 Å². The number of hydrogen-bond donors (Lipinski definition) is 2. The quantitative estimate of drug-likeness (QED) is 0.767. The molecule has 130 valence electrons. The second kappa shape index (κ2) is 9.30. The number of methoxy groups -OCH3 is 1. The molecule has 0 atom stereocenters. The van der Waals surface area contributed by atoms with Crippen molar-refractivity contribution in [1.82, 2.24) is 20.4 Å². The van der Waals surface area contributed by atoms with Crippen LogP contribution in [0.1, 0.15) is 18.9 Å². The number of halogens is 1. The van der Waals surface area contributed by atoms with Crippen molar-refractivity contribution in [3.05, 3.63) is 41.0 Å². The number of urea groups is 1. The third-order valence-corrected chi connectivity index (χ3v) is 3.88. The molecule has 7 heteroatoms. The first-order chi connectivity index (χ1) is 11.7. The average molecular weight is 351 g/mol. The molecule has 2 rings (SSSR count). The lowest BCUT2D eigenvalue weighted by atomic mass is 10.1. The summed E-state index contributed by atoms with van der Waals surface area (Å²) in [5.74, 6) is 0. The lowest BCUT2D eigenvalue weighted by Crippen LogP contribution is -2.41. The van der Waals surface area contributed by atoms with Gasteiger partial charge in [0.2, 0.25) is 0 Å². The second-order valence-corrected chi connectivity index (χ2v) is 5.85. The van der Waals surface area contributed by atoms with Crippen LogP contribution in [0.4, 0.5) is 4.79 Å². The molecule has 0 aliphatic heterocycles. The maximum Gasteiger partial charge on any atom is 0.317 e. The molecule has 1 heterocycles. The van der Waals surface area contributed by atoms with E-state index in [1.54, 1.807) is 18.2 Å². The number of carbonyl (C=O) groups is 1. The summed E-state index contributed by atoms with van der Waals surface area (Å²) in [4.78, 5) is 14.1. The highest BCUT2D eigenvalue weighted by atomic mass is 35.5. The fraction of sp³-hybridized carbons (Fsp3) is 0.412. The third-order valence-electron chi connectivity index (χ3n) is 3.63. The summed E-state index contributed by atoms with van der Waals surface area (Å²) in [6, 6.07) is 7.39. The van der Waals surface area contributed by atoms with Gasteiger partial charge in [-0.05, 0) is 24.1 Å². The molecular weight excluding hydrogens is 328 g/mol. The van der Waals surface area contributed by atoms with Gasteiger partial charge in [-0.2, -0.15) is 5.10 Å². The maximum atomic E-state index is 12.3. The fourth-order valence-corrected chi connectivity index (χ4v) is 2.51. The molecule has 2 N–H and O–H groups in total. The Bertz CT molecular complexity index is 642. The summed E-state index contributed by atoms with van der Waals surface area (Å²) in [6.45, 7) is 4.24. The normalized spacial score (nSPS) is 10.6. The number of H-pyrrole nitrogens is 1. The SMILES string of the molecule is CCCN(CCOC)C(=O)NCc1cn[nH]c1-c1ccc(Cl)cc1. The van der Waals surface area contributed by atoms with Crippen LogP contribution in [-0.2, 0) is 11.3 Å². The van der Waals surface area contributed by atoms with Gasteiger partial charge in [0.15, 0.2) is 0 Å². The number of amides is 2. The highest BCUT2D eigenvalue weighted by Crippen LogP contribution is 2.22.